The Morgan fingerprint density at radius 2 is 2.16 bits per heavy atom. The zero-order valence-electron chi connectivity index (χ0n) is 13.2. The summed E-state index contributed by atoms with van der Waals surface area (Å²) in [5.41, 5.74) is 10.3. The Bertz CT molecular complexity index is 1070. The molecule has 3 heterocycles. The van der Waals surface area contributed by atoms with Crippen LogP contribution in [-0.4, -0.2) is 15.2 Å². The number of carbonyl (C=O) groups is 1. The standard InChI is InChI=1S/C18H13N3O2S2/c1-9-2-3-10(5-14(9)19)13-8-20-7-11-4-12(23-16(11)13)6-15-17(22)21-18(24)25-15/h2-8H,19H2,1H3,(H,21,22,24)/b15-6-. The molecule has 25 heavy (non-hydrogen) atoms. The summed E-state index contributed by atoms with van der Waals surface area (Å²) < 4.78 is 6.42. The summed E-state index contributed by atoms with van der Waals surface area (Å²) in [4.78, 5) is 16.6. The van der Waals surface area contributed by atoms with Crippen molar-refractivity contribution < 1.29 is 9.21 Å². The van der Waals surface area contributed by atoms with E-state index in [2.05, 4.69) is 10.3 Å². The molecular formula is C18H13N3O2S2. The van der Waals surface area contributed by atoms with Crippen LogP contribution in [0.1, 0.15) is 11.3 Å². The molecule has 1 aromatic carbocycles. The number of anilines is 1. The first-order valence-electron chi connectivity index (χ1n) is 7.50. The summed E-state index contributed by atoms with van der Waals surface area (Å²) in [6, 6.07) is 7.72. The molecule has 1 aliphatic heterocycles. The van der Waals surface area contributed by atoms with Gasteiger partial charge in [-0.3, -0.25) is 9.78 Å². The van der Waals surface area contributed by atoms with Crippen molar-refractivity contribution in [2.45, 2.75) is 6.92 Å². The molecule has 0 radical (unpaired) electrons. The lowest BCUT2D eigenvalue weighted by Crippen LogP contribution is -2.17. The number of thiocarbonyl (C=S) groups is 1. The quantitative estimate of drug-likeness (QED) is 0.406. The summed E-state index contributed by atoms with van der Waals surface area (Å²) in [5, 5.41) is 3.44. The highest BCUT2D eigenvalue weighted by molar-refractivity contribution is 8.26. The third kappa shape index (κ3) is 2.92. The fourth-order valence-electron chi connectivity index (χ4n) is 2.62. The van der Waals surface area contributed by atoms with Gasteiger partial charge in [-0.2, -0.15) is 0 Å². The summed E-state index contributed by atoms with van der Waals surface area (Å²) in [6.45, 7) is 1.96. The molecule has 0 unspecified atom stereocenters. The first-order chi connectivity index (χ1) is 12.0. The predicted molar refractivity (Wildman–Crippen MR) is 105 cm³/mol. The van der Waals surface area contributed by atoms with Crippen LogP contribution in [0.3, 0.4) is 0 Å². The average Bonchev–Trinajstić information content (AvgIpc) is 3.12. The number of nitrogens with zero attached hydrogens (tertiary/aromatic N) is 1. The molecular weight excluding hydrogens is 354 g/mol. The van der Waals surface area contributed by atoms with Gasteiger partial charge in [0.25, 0.3) is 5.91 Å². The topological polar surface area (TPSA) is 81.2 Å². The zero-order valence-corrected chi connectivity index (χ0v) is 14.8. The average molecular weight is 367 g/mol. The third-order valence-corrected chi connectivity index (χ3v) is 5.11. The normalized spacial score (nSPS) is 16.0. The van der Waals surface area contributed by atoms with E-state index in [-0.39, 0.29) is 5.91 Å². The molecule has 0 atom stereocenters. The minimum absolute atomic E-state index is 0.208. The van der Waals surface area contributed by atoms with Crippen LogP contribution in [0.4, 0.5) is 5.69 Å². The number of nitrogens with two attached hydrogens (primary N) is 1. The van der Waals surface area contributed by atoms with Crippen molar-refractivity contribution in [1.29, 1.82) is 0 Å². The van der Waals surface area contributed by atoms with E-state index in [9.17, 15) is 4.79 Å². The third-order valence-electron chi connectivity index (χ3n) is 3.95. The van der Waals surface area contributed by atoms with E-state index in [1.807, 2.05) is 31.2 Å². The van der Waals surface area contributed by atoms with E-state index < -0.39 is 0 Å². The molecule has 0 spiro atoms. The summed E-state index contributed by atoms with van der Waals surface area (Å²) in [7, 11) is 0. The van der Waals surface area contributed by atoms with Crippen LogP contribution in [0.25, 0.3) is 28.2 Å². The summed E-state index contributed by atoms with van der Waals surface area (Å²) in [6.07, 6.45) is 5.17. The van der Waals surface area contributed by atoms with Gasteiger partial charge in [0.05, 0.1) is 4.91 Å². The van der Waals surface area contributed by atoms with Crippen LogP contribution in [0.15, 0.2) is 46.0 Å². The van der Waals surface area contributed by atoms with Crippen LogP contribution in [-0.2, 0) is 4.79 Å². The van der Waals surface area contributed by atoms with Gasteiger partial charge in [0.15, 0.2) is 0 Å². The van der Waals surface area contributed by atoms with Crippen LogP contribution in [0, 0.1) is 6.92 Å². The Labute approximate surface area is 153 Å². The number of hydrogen-bond acceptors (Lipinski definition) is 6. The fraction of sp³-hybridized carbons (Fsp3) is 0.0556. The molecule has 3 aromatic rings. The maximum absolute atomic E-state index is 11.8. The van der Waals surface area contributed by atoms with Crippen LogP contribution < -0.4 is 11.1 Å². The van der Waals surface area contributed by atoms with E-state index in [0.717, 1.165) is 27.8 Å². The van der Waals surface area contributed by atoms with E-state index in [0.29, 0.717) is 20.6 Å². The fourth-order valence-corrected chi connectivity index (χ4v) is 3.64. The highest BCUT2D eigenvalue weighted by Crippen LogP contribution is 2.33. The van der Waals surface area contributed by atoms with Crippen molar-refractivity contribution in [3.63, 3.8) is 0 Å². The minimum Gasteiger partial charge on any atom is -0.456 e. The van der Waals surface area contributed by atoms with Gasteiger partial charge in [-0.05, 0) is 30.2 Å². The van der Waals surface area contributed by atoms with Crippen LogP contribution >= 0.6 is 24.0 Å². The zero-order chi connectivity index (χ0) is 17.6. The second-order valence-electron chi connectivity index (χ2n) is 5.68. The molecule has 0 bridgehead atoms. The number of amides is 1. The van der Waals surface area contributed by atoms with Crippen molar-refractivity contribution in [3.05, 3.63) is 52.9 Å². The van der Waals surface area contributed by atoms with E-state index in [1.165, 1.54) is 11.8 Å². The van der Waals surface area contributed by atoms with E-state index in [1.54, 1.807) is 18.5 Å². The van der Waals surface area contributed by atoms with Crippen molar-refractivity contribution in [1.82, 2.24) is 10.3 Å². The highest BCUT2D eigenvalue weighted by Gasteiger charge is 2.22. The maximum Gasteiger partial charge on any atom is 0.263 e. The van der Waals surface area contributed by atoms with Gasteiger partial charge < -0.3 is 15.5 Å². The highest BCUT2D eigenvalue weighted by atomic mass is 32.2. The van der Waals surface area contributed by atoms with Gasteiger partial charge in [0.1, 0.15) is 15.7 Å². The molecule has 124 valence electrons. The lowest BCUT2D eigenvalue weighted by molar-refractivity contribution is -0.115. The number of aryl methyl sites for hydroxylation is 1. The van der Waals surface area contributed by atoms with Gasteiger partial charge in [-0.15, -0.1) is 0 Å². The largest absolute Gasteiger partial charge is 0.456 e. The molecule has 7 heteroatoms. The predicted octanol–water partition coefficient (Wildman–Crippen LogP) is 3.87. The Morgan fingerprint density at radius 1 is 1.32 bits per heavy atom. The van der Waals surface area contributed by atoms with Crippen LogP contribution in [0.5, 0.6) is 0 Å². The Balaban J connectivity index is 1.81. The summed E-state index contributed by atoms with van der Waals surface area (Å²) >= 11 is 6.22. The van der Waals surface area contributed by atoms with Crippen molar-refractivity contribution in [2.24, 2.45) is 0 Å². The van der Waals surface area contributed by atoms with E-state index in [4.69, 9.17) is 22.4 Å². The molecule has 0 aliphatic carbocycles. The number of aromatic nitrogens is 1. The van der Waals surface area contributed by atoms with Crippen molar-refractivity contribution >= 4 is 56.9 Å². The lowest BCUT2D eigenvalue weighted by atomic mass is 10.0. The van der Waals surface area contributed by atoms with Gasteiger partial charge in [-0.1, -0.05) is 36.1 Å². The van der Waals surface area contributed by atoms with Gasteiger partial charge in [0, 0.05) is 35.1 Å². The number of nitrogen functional groups attached to an aromatic ring is 1. The first kappa shape index (κ1) is 15.9. The van der Waals surface area contributed by atoms with Crippen molar-refractivity contribution in [3.8, 4) is 11.1 Å². The van der Waals surface area contributed by atoms with Gasteiger partial charge in [-0.25, -0.2) is 0 Å². The SMILES string of the molecule is Cc1ccc(-c2cncc3cc(/C=C4\SC(=S)NC4=O)oc23)cc1N. The number of fused-ring (bicyclic) bond motifs is 1. The monoisotopic (exact) mass is 367 g/mol. The van der Waals surface area contributed by atoms with Gasteiger partial charge in [0.2, 0.25) is 0 Å². The number of rotatable bonds is 2. The second kappa shape index (κ2) is 6.02. The molecule has 5 nitrogen and oxygen atoms in total. The maximum atomic E-state index is 11.8. The lowest BCUT2D eigenvalue weighted by Gasteiger charge is -2.05. The number of pyridine rings is 1. The number of nitrogens with one attached hydrogen (secondary N) is 1. The molecule has 4 rings (SSSR count). The minimum atomic E-state index is -0.208. The Hall–Kier alpha value is -2.64. The number of carbonyl (C=O) groups excluding carboxylic acids is 1. The second-order valence-corrected chi connectivity index (χ2v) is 7.40. The summed E-state index contributed by atoms with van der Waals surface area (Å²) in [5.74, 6) is 0.367. The molecule has 1 saturated heterocycles. The van der Waals surface area contributed by atoms with Crippen molar-refractivity contribution in [2.75, 3.05) is 5.73 Å². The smallest absolute Gasteiger partial charge is 0.263 e. The van der Waals surface area contributed by atoms with Crippen LogP contribution in [0.2, 0.25) is 0 Å². The number of thioether (sulfide) groups is 1. The molecule has 1 amide bonds. The Morgan fingerprint density at radius 3 is 2.88 bits per heavy atom. The molecule has 1 aliphatic rings. The number of hydrogen-bond donors (Lipinski definition) is 2. The number of benzene rings is 1. The van der Waals surface area contributed by atoms with Gasteiger partial charge >= 0.3 is 0 Å². The molecule has 3 N–H and O–H groups in total. The molecule has 0 saturated carbocycles. The number of furan rings is 1. The van der Waals surface area contributed by atoms with E-state index >= 15 is 0 Å². The first-order valence-corrected chi connectivity index (χ1v) is 8.72. The Kier molecular flexibility index (Phi) is 3.82. The molecule has 2 aromatic heterocycles. The molecule has 1 fully saturated rings.